The average molecular weight is 188 g/mol. The lowest BCUT2D eigenvalue weighted by Gasteiger charge is -1.93. The molecule has 0 radical (unpaired) electrons. The van der Waals surface area contributed by atoms with Crippen LogP contribution in [0.3, 0.4) is 0 Å². The van der Waals surface area contributed by atoms with Gasteiger partial charge in [0.1, 0.15) is 5.53 Å². The van der Waals surface area contributed by atoms with Crippen molar-refractivity contribution in [2.24, 2.45) is 5.28 Å². The van der Waals surface area contributed by atoms with Gasteiger partial charge < -0.3 is 5.11 Å². The molecule has 0 aromatic carbocycles. The second kappa shape index (κ2) is 6.93. The first-order valence-corrected chi connectivity index (χ1v) is 3.65. The lowest BCUT2D eigenvalue weighted by atomic mass is 10.2. The van der Waals surface area contributed by atoms with Gasteiger partial charge in [0.25, 0.3) is 4.91 Å². The Hall–Kier alpha value is -1.75. The zero-order valence-electron chi connectivity index (χ0n) is 6.89. The van der Waals surface area contributed by atoms with Crippen LogP contribution in [0.15, 0.2) is 5.28 Å². The number of unbranched alkanes of at least 4 members (excludes halogenated alkanes) is 1. The molecule has 0 rings (SSSR count). The average Bonchev–Trinajstić information content (AvgIpc) is 2.08. The zero-order chi connectivity index (χ0) is 10.1. The number of nitrogens with zero attached hydrogens (tertiary/aromatic N) is 2. The smallest absolute Gasteiger partial charge is 0.366 e. The number of carboxylic acids is 1. The van der Waals surface area contributed by atoms with Crippen LogP contribution in [0.4, 0.5) is 0 Å². The highest BCUT2D eigenvalue weighted by Gasteiger charge is 2.05. The summed E-state index contributed by atoms with van der Waals surface area (Å²) in [7, 11) is 0. The van der Waals surface area contributed by atoms with Crippen LogP contribution in [-0.2, 0) is 14.4 Å². The van der Waals surface area contributed by atoms with Crippen molar-refractivity contribution >= 4 is 11.9 Å². The van der Waals surface area contributed by atoms with Gasteiger partial charge in [-0.15, -0.1) is 0 Å². The molecule has 0 saturated heterocycles. The molecule has 7 nitrogen and oxygen atoms in total. The highest BCUT2D eigenvalue weighted by atomic mass is 16.7. The minimum absolute atomic E-state index is 0.0350. The maximum atomic E-state index is 10.6. The Morgan fingerprint density at radius 2 is 2.00 bits per heavy atom. The Morgan fingerprint density at radius 1 is 1.38 bits per heavy atom. The third-order valence-electron chi connectivity index (χ3n) is 1.21. The molecule has 0 aliphatic rings. The van der Waals surface area contributed by atoms with Crippen LogP contribution in [0.1, 0.15) is 25.7 Å². The molecule has 0 aromatic heterocycles. The largest absolute Gasteiger partial charge is 0.481 e. The molecule has 13 heavy (non-hydrogen) atoms. The molecule has 72 valence electrons. The second-order valence-electron chi connectivity index (χ2n) is 2.25. The van der Waals surface area contributed by atoms with Crippen LogP contribution in [0.5, 0.6) is 0 Å². The molecule has 0 atom stereocenters. The number of hydrogen-bond acceptors (Lipinski definition) is 5. The molecule has 0 unspecified atom stereocenters. The van der Waals surface area contributed by atoms with Crippen molar-refractivity contribution < 1.29 is 19.5 Å². The van der Waals surface area contributed by atoms with Crippen LogP contribution in [0.2, 0.25) is 0 Å². The van der Waals surface area contributed by atoms with Crippen molar-refractivity contribution in [3.8, 4) is 0 Å². The van der Waals surface area contributed by atoms with E-state index in [0.29, 0.717) is 12.8 Å². The Bertz CT molecular complexity index is 234. The number of hydrogen-bond donors (Lipinski definition) is 2. The fraction of sp³-hybridized carbons (Fsp3) is 0.667. The summed E-state index contributed by atoms with van der Waals surface area (Å²) in [5.74, 6) is -1.50. The third kappa shape index (κ3) is 8.15. The van der Waals surface area contributed by atoms with Crippen molar-refractivity contribution in [3.63, 3.8) is 0 Å². The Kier molecular flexibility index (Phi) is 6.00. The van der Waals surface area contributed by atoms with E-state index in [1.165, 1.54) is 0 Å². The van der Waals surface area contributed by atoms with E-state index in [9.17, 15) is 9.59 Å². The SMILES string of the molecule is N=[N+]=NOC(=O)CCCCC(=O)O. The minimum atomic E-state index is -0.890. The van der Waals surface area contributed by atoms with E-state index in [2.05, 4.69) is 15.0 Å². The summed E-state index contributed by atoms with van der Waals surface area (Å²) in [5.41, 5.74) is 6.17. The minimum Gasteiger partial charge on any atom is -0.481 e. The Labute approximate surface area is 73.9 Å². The van der Waals surface area contributed by atoms with Crippen molar-refractivity contribution in [1.82, 2.24) is 4.91 Å². The number of nitrogens with one attached hydrogen (secondary N) is 1. The molecule has 0 heterocycles. The molecule has 7 heteroatoms. The monoisotopic (exact) mass is 188 g/mol. The van der Waals surface area contributed by atoms with Crippen molar-refractivity contribution in [2.75, 3.05) is 0 Å². The molecule has 0 aliphatic heterocycles. The maximum Gasteiger partial charge on any atom is 0.366 e. The third-order valence-corrected chi connectivity index (χ3v) is 1.21. The second-order valence-corrected chi connectivity index (χ2v) is 2.25. The summed E-state index contributed by atoms with van der Waals surface area (Å²) in [6.45, 7) is 0. The van der Waals surface area contributed by atoms with E-state index in [1.54, 1.807) is 0 Å². The van der Waals surface area contributed by atoms with Gasteiger partial charge in [-0.2, -0.15) is 0 Å². The highest BCUT2D eigenvalue weighted by Crippen LogP contribution is 2.01. The molecule has 0 aliphatic carbocycles. The summed E-state index contributed by atoms with van der Waals surface area (Å²) in [4.78, 5) is 27.2. The number of carbonyl (C=O) groups excluding carboxylic acids is 1. The van der Waals surface area contributed by atoms with Gasteiger partial charge in [0.2, 0.25) is 0 Å². The molecular formula is C6H10N3O4+. The quantitative estimate of drug-likeness (QED) is 0.275. The lowest BCUT2D eigenvalue weighted by molar-refractivity contribution is -0.145. The van der Waals surface area contributed by atoms with Gasteiger partial charge in [0.05, 0.1) is 0 Å². The normalized spacial score (nSPS) is 8.62. The number of carbonyl (C=O) groups is 2. The molecule has 0 aromatic rings. The molecule has 0 bridgehead atoms. The zero-order valence-corrected chi connectivity index (χ0v) is 6.89. The first-order chi connectivity index (χ1) is 6.16. The lowest BCUT2D eigenvalue weighted by Crippen LogP contribution is -2.00. The molecule has 0 amide bonds. The topological polar surface area (TPSA) is 114 Å². The fourth-order valence-corrected chi connectivity index (χ4v) is 0.657. The van der Waals surface area contributed by atoms with Crippen molar-refractivity contribution in [2.45, 2.75) is 25.7 Å². The summed E-state index contributed by atoms with van der Waals surface area (Å²) in [5, 5.41) is 11.0. The standard InChI is InChI=1S/C6H9N3O4/c7-8-9-13-6(12)4-2-1-3-5(10)11/h7H,1-4H2/p+1. The van der Waals surface area contributed by atoms with Crippen LogP contribution in [0, 0.1) is 5.53 Å². The van der Waals surface area contributed by atoms with Gasteiger partial charge in [-0.25, -0.2) is 4.79 Å². The van der Waals surface area contributed by atoms with Crippen LogP contribution in [-0.4, -0.2) is 17.0 Å². The van der Waals surface area contributed by atoms with Crippen LogP contribution >= 0.6 is 0 Å². The number of carboxylic acid groups (broad SMARTS) is 1. The Morgan fingerprint density at radius 3 is 2.54 bits per heavy atom. The van der Waals surface area contributed by atoms with E-state index in [1.807, 2.05) is 0 Å². The van der Waals surface area contributed by atoms with E-state index >= 15 is 0 Å². The van der Waals surface area contributed by atoms with Crippen LogP contribution in [0.25, 0.3) is 0 Å². The first-order valence-electron chi connectivity index (χ1n) is 3.65. The Balaban J connectivity index is 3.37. The van der Waals surface area contributed by atoms with E-state index in [0.717, 1.165) is 0 Å². The predicted octanol–water partition coefficient (Wildman–Crippen LogP) is 0.640. The molecule has 0 fully saturated rings. The summed E-state index contributed by atoms with van der Waals surface area (Å²) in [6, 6.07) is 0. The van der Waals surface area contributed by atoms with Gasteiger partial charge in [-0.1, -0.05) is 0 Å². The van der Waals surface area contributed by atoms with E-state index in [-0.39, 0.29) is 12.8 Å². The molecule has 0 spiro atoms. The summed E-state index contributed by atoms with van der Waals surface area (Å²) >= 11 is 0. The highest BCUT2D eigenvalue weighted by molar-refractivity contribution is 5.69. The van der Waals surface area contributed by atoms with E-state index < -0.39 is 11.9 Å². The van der Waals surface area contributed by atoms with Crippen molar-refractivity contribution in [1.29, 1.82) is 5.53 Å². The van der Waals surface area contributed by atoms with Gasteiger partial charge in [-0.05, 0) is 12.8 Å². The van der Waals surface area contributed by atoms with Crippen molar-refractivity contribution in [3.05, 3.63) is 0 Å². The predicted molar refractivity (Wildman–Crippen MR) is 39.5 cm³/mol. The number of rotatable bonds is 6. The van der Waals surface area contributed by atoms with Gasteiger partial charge in [-0.3, -0.25) is 9.63 Å². The fourth-order valence-electron chi connectivity index (χ4n) is 0.657. The maximum absolute atomic E-state index is 10.6. The van der Waals surface area contributed by atoms with Gasteiger partial charge in [0, 0.05) is 12.8 Å². The van der Waals surface area contributed by atoms with Gasteiger partial charge >= 0.3 is 17.2 Å². The molecule has 0 saturated carbocycles. The molecular weight excluding hydrogens is 178 g/mol. The summed E-state index contributed by atoms with van der Waals surface area (Å²) < 4.78 is 0. The number of aliphatic carboxylic acids is 1. The van der Waals surface area contributed by atoms with E-state index in [4.69, 9.17) is 10.6 Å². The summed E-state index contributed by atoms with van der Waals surface area (Å²) in [6.07, 6.45) is 0.973. The first kappa shape index (κ1) is 11.2. The molecule has 2 N–H and O–H groups in total. The van der Waals surface area contributed by atoms with Gasteiger partial charge in [0.15, 0.2) is 0 Å². The van der Waals surface area contributed by atoms with Crippen LogP contribution < -0.4 is 4.91 Å².